The van der Waals surface area contributed by atoms with Gasteiger partial charge in [-0.15, -0.1) is 0 Å². The second-order valence-corrected chi connectivity index (χ2v) is 23.8. The van der Waals surface area contributed by atoms with Crippen LogP contribution < -0.4 is 0 Å². The SMILES string of the molecule is CC/C=C\C/C=C\C/C=C\C/C=C\CCCCCCCCCCCCCCCCCCCCC(=O)OCC(COC(=O)CCCCCCCCCCCC)OC(=O)CCCCCCCCCCCCCCCCCCCCCC. The standard InChI is InChI=1S/C73H134O6/c1-4-7-10-13-16-19-22-24-26-28-30-32-33-34-35-36-37-38-39-40-41-42-44-45-47-49-51-54-57-60-63-66-72(75)78-69-70(68-77-71(74)65-62-59-56-53-21-18-15-12-9-6-3)79-73(76)67-64-61-58-55-52-50-48-46-43-31-29-27-25-23-20-17-14-11-8-5-2/h7,10,16,19,24,26,30,32,70H,4-6,8-9,11-15,17-18,20-23,25,27-29,31,33-69H2,1-3H3/b10-7-,19-16-,26-24-,32-30-. The van der Waals surface area contributed by atoms with Crippen LogP contribution in [-0.4, -0.2) is 37.2 Å². The maximum atomic E-state index is 12.9. The molecule has 0 aliphatic heterocycles. The zero-order valence-corrected chi connectivity index (χ0v) is 53.2. The van der Waals surface area contributed by atoms with Crippen LogP contribution in [0.15, 0.2) is 48.6 Å². The Hall–Kier alpha value is -2.63. The van der Waals surface area contributed by atoms with Crippen molar-refractivity contribution in [2.24, 2.45) is 0 Å². The predicted molar refractivity (Wildman–Crippen MR) is 344 cm³/mol. The molecular weight excluding hydrogens is 973 g/mol. The van der Waals surface area contributed by atoms with Gasteiger partial charge in [-0.1, -0.05) is 352 Å². The van der Waals surface area contributed by atoms with Crippen LogP contribution in [0.3, 0.4) is 0 Å². The minimum atomic E-state index is -0.767. The average Bonchev–Trinajstić information content (AvgIpc) is 3.45. The molecule has 0 aromatic carbocycles. The fourth-order valence-electron chi connectivity index (χ4n) is 10.6. The molecule has 0 N–H and O–H groups in total. The minimum absolute atomic E-state index is 0.0653. The van der Waals surface area contributed by atoms with E-state index < -0.39 is 6.10 Å². The monoisotopic (exact) mass is 1110 g/mol. The highest BCUT2D eigenvalue weighted by Crippen LogP contribution is 2.19. The van der Waals surface area contributed by atoms with Crippen LogP contribution in [0.25, 0.3) is 0 Å². The van der Waals surface area contributed by atoms with Gasteiger partial charge in [-0.2, -0.15) is 0 Å². The molecule has 0 rings (SSSR count). The first kappa shape index (κ1) is 76.4. The van der Waals surface area contributed by atoms with E-state index in [-0.39, 0.29) is 31.1 Å². The topological polar surface area (TPSA) is 78.9 Å². The molecule has 462 valence electrons. The molecule has 0 heterocycles. The van der Waals surface area contributed by atoms with E-state index in [1.165, 1.54) is 257 Å². The summed E-state index contributed by atoms with van der Waals surface area (Å²) in [6.07, 6.45) is 85.8. The van der Waals surface area contributed by atoms with Crippen molar-refractivity contribution in [3.8, 4) is 0 Å². The van der Waals surface area contributed by atoms with Gasteiger partial charge in [-0.3, -0.25) is 14.4 Å². The number of ether oxygens (including phenoxy) is 3. The average molecular weight is 1110 g/mol. The molecule has 0 saturated heterocycles. The quantitative estimate of drug-likeness (QED) is 0.0261. The van der Waals surface area contributed by atoms with Gasteiger partial charge in [-0.05, 0) is 57.8 Å². The van der Waals surface area contributed by atoms with Crippen LogP contribution in [0.4, 0.5) is 0 Å². The van der Waals surface area contributed by atoms with Gasteiger partial charge in [0.2, 0.25) is 0 Å². The molecule has 6 nitrogen and oxygen atoms in total. The summed E-state index contributed by atoms with van der Waals surface area (Å²) in [5.41, 5.74) is 0. The van der Waals surface area contributed by atoms with E-state index in [1.807, 2.05) is 0 Å². The molecule has 0 amide bonds. The maximum absolute atomic E-state index is 12.9. The number of allylic oxidation sites excluding steroid dienone is 8. The number of hydrogen-bond acceptors (Lipinski definition) is 6. The van der Waals surface area contributed by atoms with E-state index in [9.17, 15) is 14.4 Å². The molecule has 6 heteroatoms. The third-order valence-corrected chi connectivity index (χ3v) is 15.8. The van der Waals surface area contributed by atoms with Crippen molar-refractivity contribution in [1.29, 1.82) is 0 Å². The summed E-state index contributed by atoms with van der Waals surface area (Å²) in [7, 11) is 0. The Kier molecular flexibility index (Phi) is 65.6. The molecule has 1 atom stereocenters. The molecule has 0 fully saturated rings. The van der Waals surface area contributed by atoms with Crippen molar-refractivity contribution < 1.29 is 28.6 Å². The lowest BCUT2D eigenvalue weighted by Gasteiger charge is -2.18. The molecule has 0 saturated carbocycles. The number of carbonyl (C=O) groups is 3. The third kappa shape index (κ3) is 66.1. The number of carbonyl (C=O) groups excluding carboxylic acids is 3. The van der Waals surface area contributed by atoms with Gasteiger partial charge in [0.15, 0.2) is 6.10 Å². The summed E-state index contributed by atoms with van der Waals surface area (Å²) < 4.78 is 17.0. The highest BCUT2D eigenvalue weighted by atomic mass is 16.6. The summed E-state index contributed by atoms with van der Waals surface area (Å²) in [5.74, 6) is -0.838. The van der Waals surface area contributed by atoms with Crippen LogP contribution in [0.5, 0.6) is 0 Å². The lowest BCUT2D eigenvalue weighted by atomic mass is 10.0. The summed E-state index contributed by atoms with van der Waals surface area (Å²) in [6.45, 7) is 6.59. The van der Waals surface area contributed by atoms with Crippen molar-refractivity contribution in [2.45, 2.75) is 386 Å². The van der Waals surface area contributed by atoms with E-state index in [0.717, 1.165) is 83.5 Å². The molecule has 0 aliphatic carbocycles. The van der Waals surface area contributed by atoms with Gasteiger partial charge < -0.3 is 14.2 Å². The van der Waals surface area contributed by atoms with E-state index in [2.05, 4.69) is 69.4 Å². The van der Waals surface area contributed by atoms with E-state index >= 15 is 0 Å². The van der Waals surface area contributed by atoms with Gasteiger partial charge >= 0.3 is 17.9 Å². The highest BCUT2D eigenvalue weighted by Gasteiger charge is 2.19. The Morgan fingerprint density at radius 3 is 0.772 bits per heavy atom. The Bertz CT molecular complexity index is 1360. The molecular formula is C73H134O6. The number of rotatable bonds is 65. The van der Waals surface area contributed by atoms with Gasteiger partial charge in [0.1, 0.15) is 13.2 Å². The predicted octanol–water partition coefficient (Wildman–Crippen LogP) is 24.1. The van der Waals surface area contributed by atoms with Crippen LogP contribution in [0, 0.1) is 0 Å². The number of hydrogen-bond donors (Lipinski definition) is 0. The first-order chi connectivity index (χ1) is 39.0. The Balaban J connectivity index is 4.09. The first-order valence-electron chi connectivity index (χ1n) is 35.1. The fourth-order valence-corrected chi connectivity index (χ4v) is 10.6. The number of esters is 3. The van der Waals surface area contributed by atoms with Gasteiger partial charge in [-0.25, -0.2) is 0 Å². The Morgan fingerprint density at radius 1 is 0.266 bits per heavy atom. The number of unbranched alkanes of at least 4 members (excludes halogenated alkanes) is 46. The Morgan fingerprint density at radius 2 is 0.494 bits per heavy atom. The van der Waals surface area contributed by atoms with Crippen LogP contribution in [0.1, 0.15) is 380 Å². The van der Waals surface area contributed by atoms with Gasteiger partial charge in [0.05, 0.1) is 0 Å². The second kappa shape index (κ2) is 67.9. The van der Waals surface area contributed by atoms with Crippen molar-refractivity contribution in [3.05, 3.63) is 48.6 Å². The van der Waals surface area contributed by atoms with E-state index in [4.69, 9.17) is 14.2 Å². The van der Waals surface area contributed by atoms with Crippen molar-refractivity contribution in [1.82, 2.24) is 0 Å². The lowest BCUT2D eigenvalue weighted by molar-refractivity contribution is -0.167. The summed E-state index contributed by atoms with van der Waals surface area (Å²) >= 11 is 0. The van der Waals surface area contributed by atoms with Crippen LogP contribution >= 0.6 is 0 Å². The minimum Gasteiger partial charge on any atom is -0.462 e. The molecule has 0 spiro atoms. The molecule has 79 heavy (non-hydrogen) atoms. The first-order valence-corrected chi connectivity index (χ1v) is 35.1. The van der Waals surface area contributed by atoms with Crippen molar-refractivity contribution in [3.63, 3.8) is 0 Å². The second-order valence-electron chi connectivity index (χ2n) is 23.8. The molecule has 0 aromatic heterocycles. The van der Waals surface area contributed by atoms with Crippen molar-refractivity contribution in [2.75, 3.05) is 13.2 Å². The third-order valence-electron chi connectivity index (χ3n) is 15.8. The maximum Gasteiger partial charge on any atom is 0.306 e. The van der Waals surface area contributed by atoms with Crippen LogP contribution in [-0.2, 0) is 28.6 Å². The van der Waals surface area contributed by atoms with Gasteiger partial charge in [0.25, 0.3) is 0 Å². The zero-order valence-electron chi connectivity index (χ0n) is 53.2. The van der Waals surface area contributed by atoms with Crippen LogP contribution in [0.2, 0.25) is 0 Å². The summed E-state index contributed by atoms with van der Waals surface area (Å²) in [5, 5.41) is 0. The fraction of sp³-hybridized carbons (Fsp3) is 0.849. The Labute approximate surface area is 492 Å². The van der Waals surface area contributed by atoms with Gasteiger partial charge in [0, 0.05) is 19.3 Å². The lowest BCUT2D eigenvalue weighted by Crippen LogP contribution is -2.30. The van der Waals surface area contributed by atoms with Crippen molar-refractivity contribution >= 4 is 17.9 Å². The summed E-state index contributed by atoms with van der Waals surface area (Å²) in [4.78, 5) is 38.3. The highest BCUT2D eigenvalue weighted by molar-refractivity contribution is 5.71. The molecule has 0 radical (unpaired) electrons. The normalized spacial score (nSPS) is 12.3. The molecule has 1 unspecified atom stereocenters. The smallest absolute Gasteiger partial charge is 0.306 e. The molecule has 0 aromatic rings. The largest absolute Gasteiger partial charge is 0.462 e. The zero-order chi connectivity index (χ0) is 57.1. The summed E-state index contributed by atoms with van der Waals surface area (Å²) in [6, 6.07) is 0. The molecule has 0 bridgehead atoms. The van der Waals surface area contributed by atoms with E-state index in [0.29, 0.717) is 19.3 Å². The molecule has 0 aliphatic rings. The van der Waals surface area contributed by atoms with E-state index in [1.54, 1.807) is 0 Å².